The van der Waals surface area contributed by atoms with Gasteiger partial charge in [-0.3, -0.25) is 9.48 Å². The number of carbonyl (C=O) groups excluding carboxylic acids is 1. The molecule has 1 aromatic heterocycles. The molecule has 1 amide bonds. The van der Waals surface area contributed by atoms with E-state index in [-0.39, 0.29) is 17.9 Å². The summed E-state index contributed by atoms with van der Waals surface area (Å²) in [5.74, 6) is 0.191. The Morgan fingerprint density at radius 1 is 1.04 bits per heavy atom. The van der Waals surface area contributed by atoms with Gasteiger partial charge in [-0.25, -0.2) is 0 Å². The van der Waals surface area contributed by atoms with Crippen LogP contribution in [0.15, 0.2) is 60.7 Å². The summed E-state index contributed by atoms with van der Waals surface area (Å²) in [6.45, 7) is 4.99. The number of fused-ring (bicyclic) bond motifs is 1. The second kappa shape index (κ2) is 6.20. The van der Waals surface area contributed by atoms with Crippen LogP contribution in [0.4, 0.5) is 0 Å². The quantitative estimate of drug-likeness (QED) is 0.788. The van der Waals surface area contributed by atoms with Crippen LogP contribution in [0.3, 0.4) is 0 Å². The summed E-state index contributed by atoms with van der Waals surface area (Å²) >= 11 is 0. The van der Waals surface area contributed by atoms with Crippen molar-refractivity contribution < 1.29 is 4.79 Å². The van der Waals surface area contributed by atoms with Gasteiger partial charge >= 0.3 is 0 Å². The summed E-state index contributed by atoms with van der Waals surface area (Å²) in [5.41, 5.74) is 5.00. The molecule has 1 atom stereocenters. The van der Waals surface area contributed by atoms with E-state index in [1.165, 1.54) is 5.56 Å². The van der Waals surface area contributed by atoms with Crippen molar-refractivity contribution in [3.8, 4) is 0 Å². The minimum absolute atomic E-state index is 0.0856. The normalized spacial score (nSPS) is 16.1. The molecule has 0 spiro atoms. The number of aromatic nitrogens is 2. The summed E-state index contributed by atoms with van der Waals surface area (Å²) in [6, 6.07) is 20.2. The smallest absolute Gasteiger partial charge is 0.272 e. The van der Waals surface area contributed by atoms with Crippen LogP contribution in [-0.4, -0.2) is 15.7 Å². The number of benzene rings is 2. The minimum Gasteiger partial charge on any atom is -0.340 e. The van der Waals surface area contributed by atoms with Crippen LogP contribution in [0.1, 0.15) is 58.7 Å². The molecular weight excluding hydrogens is 310 g/mol. The first kappa shape index (κ1) is 15.6. The average molecular weight is 331 g/mol. The lowest BCUT2D eigenvalue weighted by Gasteiger charge is -2.18. The van der Waals surface area contributed by atoms with Crippen LogP contribution in [0, 0.1) is 0 Å². The molecule has 0 bridgehead atoms. The molecule has 0 fully saturated rings. The van der Waals surface area contributed by atoms with Crippen molar-refractivity contribution in [3.63, 3.8) is 0 Å². The Labute approximate surface area is 147 Å². The van der Waals surface area contributed by atoms with Crippen LogP contribution in [0.5, 0.6) is 0 Å². The molecule has 0 aliphatic carbocycles. The number of carbonyl (C=O) groups is 1. The van der Waals surface area contributed by atoms with E-state index in [0.717, 1.165) is 16.8 Å². The maximum Gasteiger partial charge on any atom is 0.272 e. The van der Waals surface area contributed by atoms with Gasteiger partial charge in [0.2, 0.25) is 0 Å². The number of rotatable bonds is 4. The SMILES string of the molecule is CC(C)c1c2c(nn1Cc1ccccc1)C(=O)NC2c1ccccc1. The molecule has 2 aromatic carbocycles. The molecular formula is C21H21N3O. The van der Waals surface area contributed by atoms with Gasteiger partial charge in [0, 0.05) is 11.3 Å². The first-order chi connectivity index (χ1) is 12.1. The molecule has 1 aliphatic heterocycles. The van der Waals surface area contributed by atoms with E-state index in [4.69, 9.17) is 0 Å². The first-order valence-corrected chi connectivity index (χ1v) is 8.65. The van der Waals surface area contributed by atoms with Crippen molar-refractivity contribution in [1.82, 2.24) is 15.1 Å². The fourth-order valence-electron chi connectivity index (χ4n) is 3.59. The standard InChI is InChI=1S/C21H21N3O/c1-14(2)20-17-18(16-11-7-4-8-12-16)22-21(25)19(17)23-24(20)13-15-9-5-3-6-10-15/h3-12,14,18H,13H2,1-2H3,(H,22,25). The molecule has 1 aliphatic rings. The lowest BCUT2D eigenvalue weighted by atomic mass is 9.95. The zero-order valence-corrected chi connectivity index (χ0v) is 14.4. The highest BCUT2D eigenvalue weighted by Crippen LogP contribution is 2.36. The predicted octanol–water partition coefficient (Wildman–Crippen LogP) is 3.89. The van der Waals surface area contributed by atoms with E-state index >= 15 is 0 Å². The molecule has 0 saturated carbocycles. The molecule has 4 nitrogen and oxygen atoms in total. The van der Waals surface area contributed by atoms with Crippen LogP contribution >= 0.6 is 0 Å². The van der Waals surface area contributed by atoms with Crippen LogP contribution in [0.25, 0.3) is 0 Å². The largest absolute Gasteiger partial charge is 0.340 e. The van der Waals surface area contributed by atoms with Gasteiger partial charge in [-0.15, -0.1) is 0 Å². The van der Waals surface area contributed by atoms with Gasteiger partial charge in [0.05, 0.1) is 12.6 Å². The van der Waals surface area contributed by atoms with Gasteiger partial charge in [0.15, 0.2) is 5.69 Å². The van der Waals surface area contributed by atoms with Crippen molar-refractivity contribution in [3.05, 3.63) is 88.7 Å². The molecule has 4 rings (SSSR count). The number of amides is 1. The van der Waals surface area contributed by atoms with Crippen molar-refractivity contribution in [2.45, 2.75) is 32.4 Å². The monoisotopic (exact) mass is 331 g/mol. The Morgan fingerprint density at radius 3 is 2.32 bits per heavy atom. The Balaban J connectivity index is 1.82. The molecule has 126 valence electrons. The Morgan fingerprint density at radius 2 is 1.68 bits per heavy atom. The summed E-state index contributed by atoms with van der Waals surface area (Å²) in [7, 11) is 0. The molecule has 4 heteroatoms. The first-order valence-electron chi connectivity index (χ1n) is 8.65. The third kappa shape index (κ3) is 2.74. The molecule has 25 heavy (non-hydrogen) atoms. The Hall–Kier alpha value is -2.88. The summed E-state index contributed by atoms with van der Waals surface area (Å²) in [6.07, 6.45) is 0. The summed E-state index contributed by atoms with van der Waals surface area (Å²) in [5, 5.41) is 7.76. The van der Waals surface area contributed by atoms with E-state index < -0.39 is 0 Å². The third-order valence-corrected chi connectivity index (χ3v) is 4.66. The van der Waals surface area contributed by atoms with E-state index in [0.29, 0.717) is 12.2 Å². The van der Waals surface area contributed by atoms with E-state index in [2.05, 4.69) is 48.5 Å². The van der Waals surface area contributed by atoms with Crippen LogP contribution in [0.2, 0.25) is 0 Å². The van der Waals surface area contributed by atoms with Crippen molar-refractivity contribution in [1.29, 1.82) is 0 Å². The lowest BCUT2D eigenvalue weighted by molar-refractivity contribution is 0.0954. The van der Waals surface area contributed by atoms with Crippen molar-refractivity contribution in [2.24, 2.45) is 0 Å². The topological polar surface area (TPSA) is 46.9 Å². The van der Waals surface area contributed by atoms with E-state index in [1.807, 2.05) is 41.1 Å². The highest BCUT2D eigenvalue weighted by Gasteiger charge is 2.37. The molecule has 2 heterocycles. The summed E-state index contributed by atoms with van der Waals surface area (Å²) < 4.78 is 2.00. The van der Waals surface area contributed by atoms with Crippen molar-refractivity contribution in [2.75, 3.05) is 0 Å². The number of hydrogen-bond donors (Lipinski definition) is 1. The highest BCUT2D eigenvalue weighted by atomic mass is 16.2. The third-order valence-electron chi connectivity index (χ3n) is 4.66. The fraction of sp³-hybridized carbons (Fsp3) is 0.238. The second-order valence-corrected chi connectivity index (χ2v) is 6.76. The minimum atomic E-state index is -0.120. The molecule has 3 aromatic rings. The maximum absolute atomic E-state index is 12.5. The fourth-order valence-corrected chi connectivity index (χ4v) is 3.59. The molecule has 1 unspecified atom stereocenters. The highest BCUT2D eigenvalue weighted by molar-refractivity contribution is 5.98. The number of nitrogens with one attached hydrogen (secondary N) is 1. The maximum atomic E-state index is 12.5. The van der Waals surface area contributed by atoms with Gasteiger partial charge in [-0.1, -0.05) is 74.5 Å². The molecule has 0 radical (unpaired) electrons. The predicted molar refractivity (Wildman–Crippen MR) is 97.6 cm³/mol. The summed E-state index contributed by atoms with van der Waals surface area (Å²) in [4.78, 5) is 12.5. The van der Waals surface area contributed by atoms with Gasteiger partial charge in [0.25, 0.3) is 5.91 Å². The average Bonchev–Trinajstić information content (AvgIpc) is 3.14. The zero-order valence-electron chi connectivity index (χ0n) is 14.4. The van der Waals surface area contributed by atoms with Gasteiger partial charge < -0.3 is 5.32 Å². The van der Waals surface area contributed by atoms with E-state index in [9.17, 15) is 4.79 Å². The van der Waals surface area contributed by atoms with Crippen LogP contribution < -0.4 is 5.32 Å². The molecule has 0 saturated heterocycles. The van der Waals surface area contributed by atoms with Crippen LogP contribution in [-0.2, 0) is 6.54 Å². The lowest BCUT2D eigenvalue weighted by Crippen LogP contribution is -2.23. The molecule has 1 N–H and O–H groups in total. The van der Waals surface area contributed by atoms with Gasteiger partial charge in [0.1, 0.15) is 0 Å². The van der Waals surface area contributed by atoms with Gasteiger partial charge in [-0.05, 0) is 17.0 Å². The number of hydrogen-bond acceptors (Lipinski definition) is 2. The zero-order chi connectivity index (χ0) is 17.4. The van der Waals surface area contributed by atoms with Gasteiger partial charge in [-0.2, -0.15) is 5.10 Å². The Bertz CT molecular complexity index is 898. The number of nitrogens with zero attached hydrogens (tertiary/aromatic N) is 2. The van der Waals surface area contributed by atoms with E-state index in [1.54, 1.807) is 0 Å². The Kier molecular flexibility index (Phi) is 3.88. The van der Waals surface area contributed by atoms with Crippen molar-refractivity contribution >= 4 is 5.91 Å². The second-order valence-electron chi connectivity index (χ2n) is 6.76.